The van der Waals surface area contributed by atoms with Gasteiger partial charge in [-0.1, -0.05) is 47.5 Å². The Morgan fingerprint density at radius 1 is 1.14 bits per heavy atom. The predicted molar refractivity (Wildman–Crippen MR) is 147 cm³/mol. The minimum atomic E-state index is -1.23. The number of nitrogens with zero attached hydrogens (tertiary/aromatic N) is 2. The third-order valence-electron chi connectivity index (χ3n) is 7.72. The zero-order chi connectivity index (χ0) is 26.6. The molecule has 4 atom stereocenters. The van der Waals surface area contributed by atoms with E-state index in [1.54, 1.807) is 16.9 Å². The Hall–Kier alpha value is -1.87. The van der Waals surface area contributed by atoms with Crippen molar-refractivity contribution in [3.63, 3.8) is 0 Å². The van der Waals surface area contributed by atoms with Crippen LogP contribution >= 0.6 is 23.2 Å². The largest absolute Gasteiger partial charge is 0.390 e. The van der Waals surface area contributed by atoms with E-state index in [0.29, 0.717) is 42.7 Å². The van der Waals surface area contributed by atoms with Gasteiger partial charge < -0.3 is 30.5 Å². The predicted octanol–water partition coefficient (Wildman–Crippen LogP) is 4.50. The number of rotatable bonds is 8. The van der Waals surface area contributed by atoms with Crippen molar-refractivity contribution in [1.82, 2.24) is 9.80 Å². The molecule has 4 rings (SSSR count). The molecule has 2 amide bonds. The van der Waals surface area contributed by atoms with Crippen LogP contribution in [0.25, 0.3) is 11.1 Å². The van der Waals surface area contributed by atoms with Gasteiger partial charge in [0.25, 0.3) is 0 Å². The summed E-state index contributed by atoms with van der Waals surface area (Å²) in [6.07, 6.45) is 2.90. The number of carbonyl (C=O) groups excluding carboxylic acids is 1. The molecular formula is C28H37Cl2N3O4. The highest BCUT2D eigenvalue weighted by Gasteiger charge is 2.44. The highest BCUT2D eigenvalue weighted by atomic mass is 35.5. The standard InChI is InChI=1S/C28H37Cl2N3O4/c1-37-14-3-2-12-28(36,22-10-5-11-23(30)26(22)19-7-4-9-21(29)15-19)20-8-6-13-32(16-20)27(35)33-17-24(31)25(34)18-33/h4-5,7,9-11,15,20,24-25,34,36H,2-3,6,8,12-14,16-18,31H2,1H3/t20-,24-,25+,28+/m1/s1. The van der Waals surface area contributed by atoms with Gasteiger partial charge in [0.1, 0.15) is 0 Å². The van der Waals surface area contributed by atoms with Crippen LogP contribution in [0.2, 0.25) is 10.0 Å². The van der Waals surface area contributed by atoms with Gasteiger partial charge in [0, 0.05) is 67.5 Å². The van der Waals surface area contributed by atoms with Gasteiger partial charge in [0.05, 0.1) is 11.7 Å². The molecule has 2 saturated heterocycles. The van der Waals surface area contributed by atoms with Gasteiger partial charge in [-0.3, -0.25) is 0 Å². The molecule has 0 aromatic heterocycles. The molecule has 0 radical (unpaired) electrons. The van der Waals surface area contributed by atoms with E-state index in [1.807, 2.05) is 42.5 Å². The van der Waals surface area contributed by atoms with Crippen LogP contribution in [0.4, 0.5) is 4.79 Å². The number of ether oxygens (including phenoxy) is 1. The van der Waals surface area contributed by atoms with Gasteiger partial charge in [0.2, 0.25) is 0 Å². The molecular weight excluding hydrogens is 513 g/mol. The summed E-state index contributed by atoms with van der Waals surface area (Å²) in [5.41, 5.74) is 7.07. The average Bonchev–Trinajstić information content (AvgIpc) is 3.23. The molecule has 7 nitrogen and oxygen atoms in total. The van der Waals surface area contributed by atoms with Crippen LogP contribution in [-0.4, -0.2) is 78.1 Å². The van der Waals surface area contributed by atoms with Crippen LogP contribution in [0.3, 0.4) is 0 Å². The molecule has 0 spiro atoms. The SMILES string of the molecule is COCCCC[C@@](O)(c1cccc(Cl)c1-c1cccc(Cl)c1)[C@@H]1CCCN(C(=O)N2C[C@@H](N)[C@@H](O)C2)C1. The van der Waals surface area contributed by atoms with Gasteiger partial charge in [-0.05, 0) is 61.4 Å². The van der Waals surface area contributed by atoms with Crippen LogP contribution in [-0.2, 0) is 10.3 Å². The second-order valence-corrected chi connectivity index (χ2v) is 11.1. The fourth-order valence-electron chi connectivity index (χ4n) is 5.73. The Morgan fingerprint density at radius 3 is 2.62 bits per heavy atom. The first-order valence-corrected chi connectivity index (χ1v) is 13.7. The second kappa shape index (κ2) is 12.3. The number of amides is 2. The van der Waals surface area contributed by atoms with Crippen LogP contribution in [0.1, 0.15) is 37.7 Å². The molecule has 0 aliphatic carbocycles. The average molecular weight is 551 g/mol. The molecule has 2 aromatic carbocycles. The summed E-state index contributed by atoms with van der Waals surface area (Å²) in [6.45, 7) is 2.18. The Balaban J connectivity index is 1.68. The number of halogens is 2. The number of hydrogen-bond acceptors (Lipinski definition) is 5. The van der Waals surface area contributed by atoms with Crippen LogP contribution < -0.4 is 5.73 Å². The summed E-state index contributed by atoms with van der Waals surface area (Å²) in [4.78, 5) is 16.7. The van der Waals surface area contributed by atoms with Gasteiger partial charge in [-0.2, -0.15) is 0 Å². The van der Waals surface area contributed by atoms with Crippen LogP contribution in [0.5, 0.6) is 0 Å². The number of aliphatic hydroxyl groups excluding tert-OH is 1. The Morgan fingerprint density at radius 2 is 1.92 bits per heavy atom. The van der Waals surface area contributed by atoms with Gasteiger partial charge in [0.15, 0.2) is 0 Å². The van der Waals surface area contributed by atoms with E-state index < -0.39 is 17.7 Å². The maximum atomic E-state index is 13.3. The fraction of sp³-hybridized carbons (Fsp3) is 0.536. The normalized spacial score (nSPS) is 23.8. The van der Waals surface area contributed by atoms with Crippen LogP contribution in [0, 0.1) is 5.92 Å². The number of methoxy groups -OCH3 is 1. The number of likely N-dealkylation sites (tertiary alicyclic amines) is 2. The van der Waals surface area contributed by atoms with Crippen molar-refractivity contribution >= 4 is 29.2 Å². The lowest BCUT2D eigenvalue weighted by Crippen LogP contribution is -2.52. The van der Waals surface area contributed by atoms with E-state index in [1.165, 1.54) is 0 Å². The van der Waals surface area contributed by atoms with Gasteiger partial charge in [-0.15, -0.1) is 0 Å². The van der Waals surface area contributed by atoms with Crippen LogP contribution in [0.15, 0.2) is 42.5 Å². The molecule has 2 fully saturated rings. The minimum absolute atomic E-state index is 0.139. The number of carbonyl (C=O) groups is 1. The van der Waals surface area contributed by atoms with Gasteiger partial charge in [-0.25, -0.2) is 4.79 Å². The summed E-state index contributed by atoms with van der Waals surface area (Å²) in [6, 6.07) is 12.5. The van der Waals surface area contributed by atoms with E-state index >= 15 is 0 Å². The lowest BCUT2D eigenvalue weighted by Gasteiger charge is -2.44. The minimum Gasteiger partial charge on any atom is -0.390 e. The molecule has 2 aliphatic rings. The molecule has 2 aliphatic heterocycles. The third-order valence-corrected chi connectivity index (χ3v) is 8.27. The van der Waals surface area contributed by atoms with Crippen molar-refractivity contribution < 1.29 is 19.7 Å². The lowest BCUT2D eigenvalue weighted by molar-refractivity contribution is -0.0571. The first-order chi connectivity index (χ1) is 17.7. The quantitative estimate of drug-likeness (QED) is 0.421. The molecule has 4 N–H and O–H groups in total. The van der Waals surface area contributed by atoms with E-state index in [-0.39, 0.29) is 18.5 Å². The maximum Gasteiger partial charge on any atom is 0.320 e. The Kier molecular flexibility index (Phi) is 9.38. The van der Waals surface area contributed by atoms with Crippen molar-refractivity contribution in [2.45, 2.75) is 49.9 Å². The lowest BCUT2D eigenvalue weighted by atomic mass is 9.72. The molecule has 37 heavy (non-hydrogen) atoms. The van der Waals surface area contributed by atoms with Crippen molar-refractivity contribution in [3.05, 3.63) is 58.1 Å². The Labute approximate surface area is 229 Å². The number of hydrogen-bond donors (Lipinski definition) is 3. The zero-order valence-corrected chi connectivity index (χ0v) is 22.8. The maximum absolute atomic E-state index is 13.3. The van der Waals surface area contributed by atoms with Crippen molar-refractivity contribution in [3.8, 4) is 11.1 Å². The van der Waals surface area contributed by atoms with Gasteiger partial charge >= 0.3 is 6.03 Å². The molecule has 2 aromatic rings. The third kappa shape index (κ3) is 6.24. The van der Waals surface area contributed by atoms with Crippen molar-refractivity contribution in [2.75, 3.05) is 39.9 Å². The highest BCUT2D eigenvalue weighted by molar-refractivity contribution is 6.34. The summed E-state index contributed by atoms with van der Waals surface area (Å²) < 4.78 is 5.25. The smallest absolute Gasteiger partial charge is 0.320 e. The number of aliphatic hydroxyl groups is 2. The summed E-state index contributed by atoms with van der Waals surface area (Å²) in [5.74, 6) is -0.203. The summed E-state index contributed by atoms with van der Waals surface area (Å²) in [5, 5.41) is 23.7. The fourth-order valence-corrected chi connectivity index (χ4v) is 6.20. The number of benzene rings is 2. The molecule has 9 heteroatoms. The number of unbranched alkanes of at least 4 members (excludes halogenated alkanes) is 1. The number of nitrogens with two attached hydrogens (primary N) is 1. The molecule has 0 saturated carbocycles. The van der Waals surface area contributed by atoms with Crippen molar-refractivity contribution in [1.29, 1.82) is 0 Å². The summed E-state index contributed by atoms with van der Waals surface area (Å²) in [7, 11) is 1.67. The zero-order valence-electron chi connectivity index (χ0n) is 21.3. The first-order valence-electron chi connectivity index (χ1n) is 13.0. The molecule has 0 bridgehead atoms. The van der Waals surface area contributed by atoms with E-state index in [9.17, 15) is 15.0 Å². The number of urea groups is 1. The highest BCUT2D eigenvalue weighted by Crippen LogP contribution is 2.46. The van der Waals surface area contributed by atoms with E-state index in [0.717, 1.165) is 42.4 Å². The number of piperidine rings is 1. The van der Waals surface area contributed by atoms with E-state index in [2.05, 4.69) is 0 Å². The first kappa shape index (κ1) is 28.1. The molecule has 0 unspecified atom stereocenters. The van der Waals surface area contributed by atoms with Crippen molar-refractivity contribution in [2.24, 2.45) is 11.7 Å². The molecule has 2 heterocycles. The van der Waals surface area contributed by atoms with E-state index in [4.69, 9.17) is 33.7 Å². The Bertz CT molecular complexity index is 1080. The molecule has 202 valence electrons. The monoisotopic (exact) mass is 549 g/mol. The second-order valence-electron chi connectivity index (χ2n) is 10.3. The summed E-state index contributed by atoms with van der Waals surface area (Å²) >= 11 is 13.1. The topological polar surface area (TPSA) is 99.3 Å². The number of β-amino-alcohol motifs (C(OH)–C–C–N with tert-alkyl or cyclic N) is 1.